The fraction of sp³-hybridized carbons (Fsp3) is 0. The van der Waals surface area contributed by atoms with Gasteiger partial charge < -0.3 is 4.57 Å². The van der Waals surface area contributed by atoms with E-state index in [0.717, 1.165) is 43.1 Å². The molecule has 4 aromatic carbocycles. The number of benzene rings is 4. The van der Waals surface area contributed by atoms with Gasteiger partial charge in [0.05, 0.1) is 40.0 Å². The van der Waals surface area contributed by atoms with E-state index in [-0.39, 0.29) is 0 Å². The molecule has 1 heterocycles. The van der Waals surface area contributed by atoms with E-state index in [4.69, 9.17) is 0 Å². The van der Waals surface area contributed by atoms with Crippen molar-refractivity contribution in [2.75, 3.05) is 0 Å². The van der Waals surface area contributed by atoms with E-state index in [1.54, 1.807) is 0 Å². The maximum absolute atomic E-state index is 9.48. The summed E-state index contributed by atoms with van der Waals surface area (Å²) in [4.78, 5) is 0. The van der Waals surface area contributed by atoms with Crippen LogP contribution in [0.15, 0.2) is 89.4 Å². The Kier molecular flexibility index (Phi) is 4.36. The molecule has 0 bridgehead atoms. The molecule has 0 aliphatic carbocycles. The zero-order valence-electron chi connectivity index (χ0n) is 15.8. The van der Waals surface area contributed by atoms with Crippen LogP contribution >= 0.6 is 15.9 Å². The molecule has 30 heavy (non-hydrogen) atoms. The predicted molar refractivity (Wildman–Crippen MR) is 123 cm³/mol. The molecule has 0 saturated heterocycles. The van der Waals surface area contributed by atoms with Crippen molar-refractivity contribution in [3.8, 4) is 29.0 Å². The van der Waals surface area contributed by atoms with E-state index >= 15 is 0 Å². The lowest BCUT2D eigenvalue weighted by atomic mass is 10.0. The molecule has 3 nitrogen and oxygen atoms in total. The number of fused-ring (bicyclic) bond motifs is 3. The highest BCUT2D eigenvalue weighted by Gasteiger charge is 2.16. The highest BCUT2D eigenvalue weighted by atomic mass is 79.9. The molecule has 5 aromatic rings. The van der Waals surface area contributed by atoms with Gasteiger partial charge in [0.15, 0.2) is 0 Å². The third-order valence-electron chi connectivity index (χ3n) is 5.32. The fourth-order valence-electron chi connectivity index (χ4n) is 3.96. The van der Waals surface area contributed by atoms with Crippen LogP contribution in [0, 0.1) is 22.7 Å². The average molecular weight is 448 g/mol. The molecule has 0 radical (unpaired) electrons. The van der Waals surface area contributed by atoms with Crippen molar-refractivity contribution < 1.29 is 0 Å². The molecule has 0 spiro atoms. The van der Waals surface area contributed by atoms with Crippen molar-refractivity contribution in [1.82, 2.24) is 4.57 Å². The Bertz CT molecular complexity index is 1510. The molecule has 0 saturated carbocycles. The Morgan fingerprint density at radius 2 is 1.33 bits per heavy atom. The smallest absolute Gasteiger partial charge is 0.0991 e. The summed E-state index contributed by atoms with van der Waals surface area (Å²) in [5.41, 5.74) is 6.34. The van der Waals surface area contributed by atoms with E-state index in [0.29, 0.717) is 11.1 Å². The molecule has 0 atom stereocenters. The number of hydrogen-bond donors (Lipinski definition) is 0. The van der Waals surface area contributed by atoms with Crippen molar-refractivity contribution in [3.63, 3.8) is 0 Å². The zero-order chi connectivity index (χ0) is 20.7. The molecule has 0 aliphatic rings. The lowest BCUT2D eigenvalue weighted by Crippen LogP contribution is -1.98. The average Bonchev–Trinajstić information content (AvgIpc) is 3.12. The number of nitriles is 2. The second-order valence-electron chi connectivity index (χ2n) is 7.05. The van der Waals surface area contributed by atoms with E-state index < -0.39 is 0 Å². The number of hydrogen-bond acceptors (Lipinski definition) is 2. The Morgan fingerprint density at radius 1 is 0.667 bits per heavy atom. The van der Waals surface area contributed by atoms with Gasteiger partial charge in [-0.2, -0.15) is 10.5 Å². The molecule has 0 amide bonds. The highest BCUT2D eigenvalue weighted by molar-refractivity contribution is 9.10. The quantitative estimate of drug-likeness (QED) is 0.293. The largest absolute Gasteiger partial charge is 0.309 e. The first-order chi connectivity index (χ1) is 14.7. The Balaban J connectivity index is 1.90. The Labute approximate surface area is 182 Å². The molecule has 4 heteroatoms. The molecular weight excluding hydrogens is 434 g/mol. The second-order valence-corrected chi connectivity index (χ2v) is 7.96. The number of para-hydroxylation sites is 1. The summed E-state index contributed by atoms with van der Waals surface area (Å²) in [7, 11) is 0. The van der Waals surface area contributed by atoms with Crippen molar-refractivity contribution in [2.24, 2.45) is 0 Å². The van der Waals surface area contributed by atoms with Gasteiger partial charge in [0.25, 0.3) is 0 Å². The molecule has 0 unspecified atom stereocenters. The number of aromatic nitrogens is 1. The van der Waals surface area contributed by atoms with Crippen LogP contribution in [0.25, 0.3) is 38.6 Å². The van der Waals surface area contributed by atoms with Gasteiger partial charge >= 0.3 is 0 Å². The minimum Gasteiger partial charge on any atom is -0.309 e. The topological polar surface area (TPSA) is 52.5 Å². The van der Waals surface area contributed by atoms with E-state index in [1.165, 1.54) is 0 Å². The summed E-state index contributed by atoms with van der Waals surface area (Å²) < 4.78 is 3.22. The minimum absolute atomic E-state index is 0.615. The second kappa shape index (κ2) is 7.19. The maximum Gasteiger partial charge on any atom is 0.0991 e. The predicted octanol–water partition coefficient (Wildman–Crippen LogP) is 6.96. The van der Waals surface area contributed by atoms with Crippen LogP contribution in [0.5, 0.6) is 0 Å². The first kappa shape index (κ1) is 18.2. The van der Waals surface area contributed by atoms with Gasteiger partial charge in [-0.05, 0) is 60.2 Å². The summed E-state index contributed by atoms with van der Waals surface area (Å²) in [6.45, 7) is 0. The van der Waals surface area contributed by atoms with E-state index in [2.05, 4.69) is 44.8 Å². The van der Waals surface area contributed by atoms with Crippen LogP contribution in [0.4, 0.5) is 0 Å². The summed E-state index contributed by atoms with van der Waals surface area (Å²) >= 11 is 3.50. The van der Waals surface area contributed by atoms with Crippen molar-refractivity contribution in [1.29, 1.82) is 10.5 Å². The maximum atomic E-state index is 9.48. The van der Waals surface area contributed by atoms with Crippen LogP contribution in [0.1, 0.15) is 11.1 Å². The first-order valence-corrected chi connectivity index (χ1v) is 10.2. The summed E-state index contributed by atoms with van der Waals surface area (Å²) in [6.07, 6.45) is 0. The van der Waals surface area contributed by atoms with Crippen LogP contribution < -0.4 is 0 Å². The van der Waals surface area contributed by atoms with Crippen molar-refractivity contribution in [3.05, 3.63) is 101 Å². The monoisotopic (exact) mass is 447 g/mol. The zero-order valence-corrected chi connectivity index (χ0v) is 17.4. The molecule has 0 fully saturated rings. The van der Waals surface area contributed by atoms with Crippen LogP contribution in [0.2, 0.25) is 0 Å². The fourth-order valence-corrected chi connectivity index (χ4v) is 4.23. The van der Waals surface area contributed by atoms with E-state index in [9.17, 15) is 10.5 Å². The van der Waals surface area contributed by atoms with Gasteiger partial charge in [0.1, 0.15) is 0 Å². The van der Waals surface area contributed by atoms with Crippen molar-refractivity contribution >= 4 is 37.7 Å². The molecule has 0 aliphatic heterocycles. The van der Waals surface area contributed by atoms with Crippen LogP contribution in [0.3, 0.4) is 0 Å². The van der Waals surface area contributed by atoms with Gasteiger partial charge in [-0.25, -0.2) is 0 Å². The highest BCUT2D eigenvalue weighted by Crippen LogP contribution is 2.37. The lowest BCUT2D eigenvalue weighted by Gasteiger charge is -2.14. The number of rotatable bonds is 2. The standard InChI is InChI=1S/C26H14BrN3/c27-20-9-7-19(8-10-20)22-13-17(15-28)5-11-25(22)30-24-4-2-1-3-21(24)23-14-18(16-29)6-12-26(23)30/h1-14H. The molecular formula is C26H14BrN3. The van der Waals surface area contributed by atoms with Crippen LogP contribution in [-0.2, 0) is 0 Å². The Hall–Kier alpha value is -3.86. The Morgan fingerprint density at radius 3 is 2.10 bits per heavy atom. The lowest BCUT2D eigenvalue weighted by molar-refractivity contribution is 1.18. The first-order valence-electron chi connectivity index (χ1n) is 9.43. The molecule has 140 valence electrons. The molecule has 0 N–H and O–H groups in total. The van der Waals surface area contributed by atoms with Crippen molar-refractivity contribution in [2.45, 2.75) is 0 Å². The van der Waals surface area contributed by atoms with Gasteiger partial charge in [0.2, 0.25) is 0 Å². The third kappa shape index (κ3) is 2.87. The summed E-state index contributed by atoms with van der Waals surface area (Å²) in [5, 5.41) is 21.0. The van der Waals surface area contributed by atoms with Gasteiger partial charge in [-0.15, -0.1) is 0 Å². The van der Waals surface area contributed by atoms with Crippen LogP contribution in [-0.4, -0.2) is 4.57 Å². The number of nitrogens with zero attached hydrogens (tertiary/aromatic N) is 3. The molecule has 5 rings (SSSR count). The van der Waals surface area contributed by atoms with Gasteiger partial charge in [-0.1, -0.05) is 46.3 Å². The third-order valence-corrected chi connectivity index (χ3v) is 5.85. The summed E-state index contributed by atoms with van der Waals surface area (Å²) in [5.74, 6) is 0. The van der Waals surface area contributed by atoms with Gasteiger partial charge in [-0.3, -0.25) is 0 Å². The molecule has 1 aromatic heterocycles. The van der Waals surface area contributed by atoms with Gasteiger partial charge in [0, 0.05) is 20.8 Å². The normalized spacial score (nSPS) is 10.8. The SMILES string of the molecule is N#Cc1ccc(-n2c3ccccc3c3cc(C#N)ccc32)c(-c2ccc(Br)cc2)c1. The summed E-state index contributed by atoms with van der Waals surface area (Å²) in [6, 6.07) is 32.4. The number of halogens is 1. The minimum atomic E-state index is 0.615. The van der Waals surface area contributed by atoms with E-state index in [1.807, 2.05) is 72.8 Å².